The van der Waals surface area contributed by atoms with E-state index in [9.17, 15) is 9.59 Å². The monoisotopic (exact) mass is 1070 g/mol. The van der Waals surface area contributed by atoms with Crippen LogP contribution in [0.25, 0.3) is 0 Å². The number of methoxy groups -OCH3 is 2. The molecule has 0 saturated carbocycles. The fourth-order valence-electron chi connectivity index (χ4n) is 9.30. The van der Waals surface area contributed by atoms with E-state index in [1.165, 1.54) is 30.9 Å². The quantitative estimate of drug-likeness (QED) is 0.141. The summed E-state index contributed by atoms with van der Waals surface area (Å²) in [5.41, 5.74) is 5.27. The van der Waals surface area contributed by atoms with E-state index in [0.717, 1.165) is 62.6 Å². The predicted octanol–water partition coefficient (Wildman–Crippen LogP) is 14.5. The van der Waals surface area contributed by atoms with Crippen molar-refractivity contribution in [2.75, 3.05) is 54.2 Å². The predicted molar refractivity (Wildman–Crippen MR) is 310 cm³/mol. The number of esters is 2. The number of ether oxygens (including phenoxy) is 9. The average molecular weight is 1070 g/mol. The summed E-state index contributed by atoms with van der Waals surface area (Å²) in [6.45, 7) is 34.3. The van der Waals surface area contributed by atoms with Crippen LogP contribution < -0.4 is 0 Å². The molecule has 0 amide bonds. The molecule has 4 aromatic rings. The molecule has 14 unspecified atom stereocenters. The molecule has 430 valence electrons. The van der Waals surface area contributed by atoms with Gasteiger partial charge < -0.3 is 42.6 Å². The van der Waals surface area contributed by atoms with Gasteiger partial charge in [0.15, 0.2) is 0 Å². The second kappa shape index (κ2) is 36.7. The average Bonchev–Trinajstić information content (AvgIpc) is 4.18. The third-order valence-corrected chi connectivity index (χ3v) is 15.5. The fraction of sp³-hybridized carbons (Fsp3) is 0.606. The zero-order valence-corrected chi connectivity index (χ0v) is 49.9. The van der Waals surface area contributed by atoms with E-state index < -0.39 is 0 Å². The molecule has 11 nitrogen and oxygen atoms in total. The van der Waals surface area contributed by atoms with Crippen molar-refractivity contribution in [1.29, 1.82) is 0 Å². The molecule has 5 fully saturated rings. The first-order chi connectivity index (χ1) is 36.9. The number of carbonyl (C=O) groups excluding carboxylic acids is 2. The van der Waals surface area contributed by atoms with Crippen molar-refractivity contribution in [3.8, 4) is 0 Å². The van der Waals surface area contributed by atoms with Crippen LogP contribution in [0.3, 0.4) is 0 Å². The molecule has 14 atom stereocenters. The van der Waals surface area contributed by atoms with Gasteiger partial charge in [0.2, 0.25) is 0 Å². The minimum atomic E-state index is -0.193. The van der Waals surface area contributed by atoms with Crippen LogP contribution in [0.15, 0.2) is 121 Å². The molecule has 5 heterocycles. The molecule has 5 aliphatic rings. The van der Waals surface area contributed by atoms with Crippen molar-refractivity contribution in [3.63, 3.8) is 0 Å². The number of hydrogen-bond donors (Lipinski definition) is 0. The molecule has 5 aliphatic heterocycles. The second-order valence-corrected chi connectivity index (χ2v) is 21.9. The van der Waals surface area contributed by atoms with Gasteiger partial charge in [-0.1, -0.05) is 211 Å². The van der Waals surface area contributed by atoms with Crippen molar-refractivity contribution >= 4 is 11.9 Å². The van der Waals surface area contributed by atoms with Gasteiger partial charge in [-0.05, 0) is 77.5 Å². The summed E-state index contributed by atoms with van der Waals surface area (Å²) in [5, 5.41) is 0. The van der Waals surface area contributed by atoms with Crippen molar-refractivity contribution in [1.82, 2.24) is 0 Å². The SMILES string of the molecule is CC(C)C(C)c1ccccc1.CC(c1ccccc1)C(C)c1ccccc1.CC1COC2C(C)COC12.CC1COCC1C.CCC1OCOC2C(CC)OCOC12.COC(=O)C(C)C.COC(=O)C(C)c1ccccc1. The number of fused-ring (bicyclic) bond motifs is 2. The van der Waals surface area contributed by atoms with Gasteiger partial charge in [-0.15, -0.1) is 0 Å². The number of carbonyl (C=O) groups is 2. The molecular weight excluding hydrogens is 969 g/mol. The van der Waals surface area contributed by atoms with Gasteiger partial charge in [-0.3, -0.25) is 9.59 Å². The molecule has 11 heteroatoms. The molecule has 9 rings (SSSR count). The molecule has 77 heavy (non-hydrogen) atoms. The molecule has 0 radical (unpaired) electrons. The fourth-order valence-corrected chi connectivity index (χ4v) is 9.30. The van der Waals surface area contributed by atoms with E-state index in [1.807, 2.05) is 37.3 Å². The maximum atomic E-state index is 11.1. The van der Waals surface area contributed by atoms with E-state index in [4.69, 9.17) is 33.2 Å². The van der Waals surface area contributed by atoms with Gasteiger partial charge in [0.25, 0.3) is 0 Å². The summed E-state index contributed by atoms with van der Waals surface area (Å²) >= 11 is 0. The summed E-state index contributed by atoms with van der Waals surface area (Å²) < 4.78 is 47.4. The van der Waals surface area contributed by atoms with Gasteiger partial charge in [0.05, 0.1) is 63.7 Å². The zero-order valence-electron chi connectivity index (χ0n) is 49.9. The summed E-state index contributed by atoms with van der Waals surface area (Å²) in [6, 6.07) is 41.7. The van der Waals surface area contributed by atoms with E-state index in [2.05, 4.69) is 177 Å². The molecule has 0 aromatic heterocycles. The standard InChI is InChI=1S/C16H18.C11H16.C10H18O4.C10H12O2.C8H14O2.C6H12O.C5H10O2/c1-13(15-9-5-3-6-10-15)14(2)16-11-7-4-8-12-16;1-9(2)10(3)11-7-5-4-6-8-11;1-3-7-9-10(14-5-11-7)8(4-2)12-6-13-9;1-8(10(11)12-2)9-6-4-3-5-7-9;1-5-3-9-8-6(2)4-10-7(5)8;1-5-3-7-4-6(5)2;1-4(2)5(6)7-3/h3-14H,1-2H3;4-10H,1-3H3;7-10H,3-6H2,1-2H3;3-8H,1-2H3;5-8H,3-4H2,1-2H3;5-6H,3-4H2,1-2H3;4H,1-3H3. The van der Waals surface area contributed by atoms with Gasteiger partial charge in [0.1, 0.15) is 25.8 Å². The maximum absolute atomic E-state index is 11.1. The normalized spacial score (nSPS) is 26.3. The zero-order chi connectivity index (χ0) is 56.9. The van der Waals surface area contributed by atoms with Gasteiger partial charge in [-0.2, -0.15) is 0 Å². The first-order valence-corrected chi connectivity index (χ1v) is 28.5. The van der Waals surface area contributed by atoms with E-state index >= 15 is 0 Å². The van der Waals surface area contributed by atoms with Crippen molar-refractivity contribution in [3.05, 3.63) is 144 Å². The second-order valence-electron chi connectivity index (χ2n) is 21.9. The van der Waals surface area contributed by atoms with E-state index in [0.29, 0.717) is 55.4 Å². The highest BCUT2D eigenvalue weighted by Gasteiger charge is 2.44. The minimum Gasteiger partial charge on any atom is -0.469 e. The Hall–Kier alpha value is -4.46. The summed E-state index contributed by atoms with van der Waals surface area (Å²) in [6.07, 6.45) is 3.13. The van der Waals surface area contributed by atoms with Gasteiger partial charge in [-0.25, -0.2) is 0 Å². The largest absolute Gasteiger partial charge is 0.469 e. The topological polar surface area (TPSA) is 117 Å². The Labute approximate surface area is 465 Å². The Morgan fingerprint density at radius 2 is 0.766 bits per heavy atom. The van der Waals surface area contributed by atoms with E-state index in [1.54, 1.807) is 13.8 Å². The Balaban J connectivity index is 0.000000241. The highest BCUT2D eigenvalue weighted by atomic mass is 16.8. The summed E-state index contributed by atoms with van der Waals surface area (Å²) in [7, 11) is 2.80. The van der Waals surface area contributed by atoms with Crippen LogP contribution in [0, 0.1) is 35.5 Å². The molecule has 0 N–H and O–H groups in total. The Morgan fingerprint density at radius 3 is 1.04 bits per heavy atom. The van der Waals surface area contributed by atoms with Gasteiger partial charge in [0, 0.05) is 25.0 Å². The minimum absolute atomic E-state index is 0.00463. The van der Waals surface area contributed by atoms with Gasteiger partial charge >= 0.3 is 11.9 Å². The number of benzene rings is 4. The van der Waals surface area contributed by atoms with E-state index in [-0.39, 0.29) is 48.2 Å². The van der Waals surface area contributed by atoms with Crippen LogP contribution in [0.5, 0.6) is 0 Å². The molecule has 5 saturated heterocycles. The first kappa shape index (κ1) is 66.8. The van der Waals surface area contributed by atoms with Crippen LogP contribution in [0.4, 0.5) is 0 Å². The van der Waals surface area contributed by atoms with Crippen LogP contribution in [0.2, 0.25) is 0 Å². The highest BCUT2D eigenvalue weighted by Crippen LogP contribution is 2.34. The lowest BCUT2D eigenvalue weighted by Gasteiger charge is -2.43. The third-order valence-electron chi connectivity index (χ3n) is 15.5. The third kappa shape index (κ3) is 22.7. The Kier molecular flexibility index (Phi) is 31.8. The van der Waals surface area contributed by atoms with Crippen LogP contribution in [-0.2, 0) is 52.2 Å². The highest BCUT2D eigenvalue weighted by molar-refractivity contribution is 5.77. The van der Waals surface area contributed by atoms with Crippen molar-refractivity contribution < 1.29 is 52.2 Å². The summed E-state index contributed by atoms with van der Waals surface area (Å²) in [5.74, 6) is 4.81. The lowest BCUT2D eigenvalue weighted by atomic mass is 9.84. The lowest BCUT2D eigenvalue weighted by Crippen LogP contribution is -2.56. The van der Waals surface area contributed by atoms with Crippen LogP contribution >= 0.6 is 0 Å². The maximum Gasteiger partial charge on any atom is 0.312 e. The smallest absolute Gasteiger partial charge is 0.312 e. The first-order valence-electron chi connectivity index (χ1n) is 28.5. The summed E-state index contributed by atoms with van der Waals surface area (Å²) in [4.78, 5) is 21.4. The number of hydrogen-bond acceptors (Lipinski definition) is 11. The van der Waals surface area contributed by atoms with Crippen LogP contribution in [0.1, 0.15) is 156 Å². The molecular formula is C66H100O11. The Bertz CT molecular complexity index is 2030. The van der Waals surface area contributed by atoms with Crippen LogP contribution in [-0.4, -0.2) is 103 Å². The Morgan fingerprint density at radius 1 is 0.429 bits per heavy atom. The molecule has 4 aromatic carbocycles. The molecule has 0 spiro atoms. The molecule has 0 bridgehead atoms. The lowest BCUT2D eigenvalue weighted by molar-refractivity contribution is -0.322. The van der Waals surface area contributed by atoms with Crippen molar-refractivity contribution in [2.24, 2.45) is 35.5 Å². The van der Waals surface area contributed by atoms with Crippen molar-refractivity contribution in [2.45, 2.75) is 170 Å². The number of rotatable bonds is 10. The molecule has 0 aliphatic carbocycles.